The van der Waals surface area contributed by atoms with Crippen LogP contribution < -0.4 is 5.56 Å². The molecule has 35 heavy (non-hydrogen) atoms. The molecule has 1 aromatic heterocycles. The molecule has 0 unspecified atom stereocenters. The summed E-state index contributed by atoms with van der Waals surface area (Å²) in [6.45, 7) is 5.88. The number of Topliss-reactive ketones (excluding diaryl/α,β-unsaturated/α-hetero) is 1. The van der Waals surface area contributed by atoms with Gasteiger partial charge in [0.15, 0.2) is 5.78 Å². The van der Waals surface area contributed by atoms with Crippen LogP contribution in [0.15, 0.2) is 65.5 Å². The van der Waals surface area contributed by atoms with E-state index in [1.54, 1.807) is 4.90 Å². The third-order valence-corrected chi connectivity index (χ3v) is 6.25. The van der Waals surface area contributed by atoms with Crippen LogP contribution in [-0.4, -0.2) is 39.0 Å². The van der Waals surface area contributed by atoms with Crippen LogP contribution in [0.2, 0.25) is 0 Å². The lowest BCUT2D eigenvalue weighted by atomic mass is 10.0. The average Bonchev–Trinajstić information content (AvgIpc) is 3.22. The van der Waals surface area contributed by atoms with Gasteiger partial charge in [-0.15, -0.1) is 0 Å². The van der Waals surface area contributed by atoms with Crippen LogP contribution in [0.4, 0.5) is 0 Å². The van der Waals surface area contributed by atoms with E-state index in [4.69, 9.17) is 0 Å². The van der Waals surface area contributed by atoms with Crippen molar-refractivity contribution >= 4 is 11.7 Å². The lowest BCUT2D eigenvalue weighted by molar-refractivity contribution is -0.132. The summed E-state index contributed by atoms with van der Waals surface area (Å²) in [5.41, 5.74) is 1.53. The van der Waals surface area contributed by atoms with Crippen molar-refractivity contribution in [3.8, 4) is 16.9 Å². The van der Waals surface area contributed by atoms with Gasteiger partial charge < -0.3 is 4.90 Å². The monoisotopic (exact) mass is 475 g/mol. The van der Waals surface area contributed by atoms with Crippen molar-refractivity contribution in [1.29, 1.82) is 0 Å². The van der Waals surface area contributed by atoms with E-state index < -0.39 is 5.56 Å². The van der Waals surface area contributed by atoms with Crippen LogP contribution >= 0.6 is 0 Å². The largest absolute Gasteiger partial charge is 0.333 e. The minimum absolute atomic E-state index is 0.0379. The van der Waals surface area contributed by atoms with Crippen LogP contribution in [0.3, 0.4) is 0 Å². The van der Waals surface area contributed by atoms with Gasteiger partial charge in [0.25, 0.3) is 5.56 Å². The molecule has 0 aliphatic rings. The normalized spacial score (nSPS) is 11.1. The van der Waals surface area contributed by atoms with Crippen LogP contribution in [-0.2, 0) is 4.79 Å². The Hall–Kier alpha value is -3.41. The number of aromatic amines is 1. The molecule has 3 rings (SSSR count). The molecule has 0 spiro atoms. The van der Waals surface area contributed by atoms with Gasteiger partial charge in [0, 0.05) is 18.0 Å². The van der Waals surface area contributed by atoms with Crippen molar-refractivity contribution in [3.05, 3.63) is 76.6 Å². The minimum atomic E-state index is -0.410. The number of para-hydroxylation sites is 1. The number of hydrogen-bond acceptors (Lipinski definition) is 3. The van der Waals surface area contributed by atoms with Gasteiger partial charge in [0.1, 0.15) is 5.56 Å². The summed E-state index contributed by atoms with van der Waals surface area (Å²) in [6, 6.07) is 18.4. The number of amides is 1. The number of H-pyrrole nitrogens is 1. The highest BCUT2D eigenvalue weighted by Gasteiger charge is 2.27. The quantitative estimate of drug-likeness (QED) is 0.243. The number of rotatable bonds is 13. The Morgan fingerprint density at radius 2 is 1.49 bits per heavy atom. The maximum absolute atomic E-state index is 13.5. The van der Waals surface area contributed by atoms with E-state index >= 15 is 0 Å². The zero-order valence-corrected chi connectivity index (χ0v) is 21.1. The maximum Gasteiger partial charge on any atom is 0.282 e. The van der Waals surface area contributed by atoms with Crippen LogP contribution in [0, 0.1) is 0 Å². The third kappa shape index (κ3) is 6.81. The predicted molar refractivity (Wildman–Crippen MR) is 141 cm³/mol. The van der Waals surface area contributed by atoms with Crippen LogP contribution in [0.5, 0.6) is 0 Å². The topological polar surface area (TPSA) is 75.2 Å². The summed E-state index contributed by atoms with van der Waals surface area (Å²) in [5, 5.41) is 3.13. The van der Waals surface area contributed by atoms with Gasteiger partial charge in [-0.1, -0.05) is 87.6 Å². The van der Waals surface area contributed by atoms with E-state index in [0.29, 0.717) is 17.8 Å². The number of carbonyl (C=O) groups is 2. The zero-order valence-electron chi connectivity index (χ0n) is 21.1. The van der Waals surface area contributed by atoms with E-state index in [1.165, 1.54) is 23.9 Å². The van der Waals surface area contributed by atoms with E-state index in [2.05, 4.69) is 12.0 Å². The van der Waals surface area contributed by atoms with Gasteiger partial charge in [0.2, 0.25) is 5.91 Å². The fourth-order valence-corrected chi connectivity index (χ4v) is 4.26. The number of carbonyl (C=O) groups excluding carboxylic acids is 2. The fraction of sp³-hybridized carbons (Fsp3) is 0.414. The Morgan fingerprint density at radius 3 is 2.11 bits per heavy atom. The Morgan fingerprint density at radius 1 is 0.886 bits per heavy atom. The van der Waals surface area contributed by atoms with E-state index in [1.807, 2.05) is 74.5 Å². The molecule has 0 fully saturated rings. The first-order chi connectivity index (χ1) is 16.9. The van der Waals surface area contributed by atoms with Gasteiger partial charge in [-0.25, -0.2) is 4.68 Å². The molecule has 0 aliphatic heterocycles. The van der Waals surface area contributed by atoms with Crippen LogP contribution in [0.25, 0.3) is 16.9 Å². The summed E-state index contributed by atoms with van der Waals surface area (Å²) < 4.78 is 1.40. The first-order valence-corrected chi connectivity index (χ1v) is 12.7. The molecule has 1 N–H and O–H groups in total. The summed E-state index contributed by atoms with van der Waals surface area (Å²) in [7, 11) is 0. The molecule has 0 radical (unpaired) electrons. The number of nitrogens with zero attached hydrogens (tertiary/aromatic N) is 2. The molecule has 0 atom stereocenters. The lowest BCUT2D eigenvalue weighted by Crippen LogP contribution is -2.41. The fourth-order valence-electron chi connectivity index (χ4n) is 4.26. The molecule has 2 aromatic carbocycles. The average molecular weight is 476 g/mol. The Balaban J connectivity index is 1.84. The van der Waals surface area contributed by atoms with E-state index in [-0.39, 0.29) is 29.8 Å². The van der Waals surface area contributed by atoms with Gasteiger partial charge in [0.05, 0.1) is 17.9 Å². The highest BCUT2D eigenvalue weighted by Crippen LogP contribution is 2.22. The van der Waals surface area contributed by atoms with Gasteiger partial charge >= 0.3 is 0 Å². The molecule has 6 nitrogen and oxygen atoms in total. The van der Waals surface area contributed by atoms with Gasteiger partial charge in [-0.3, -0.25) is 19.5 Å². The molecular formula is C29H37N3O3. The summed E-state index contributed by atoms with van der Waals surface area (Å²) in [5.74, 6) is -0.395. The van der Waals surface area contributed by atoms with E-state index in [9.17, 15) is 14.4 Å². The first kappa shape index (κ1) is 26.2. The first-order valence-electron chi connectivity index (χ1n) is 12.7. The van der Waals surface area contributed by atoms with Gasteiger partial charge in [-0.05, 0) is 32.4 Å². The highest BCUT2D eigenvalue weighted by atomic mass is 16.2. The predicted octanol–water partition coefficient (Wildman–Crippen LogP) is 6.00. The number of hydrogen-bond donors (Lipinski definition) is 1. The molecule has 6 heteroatoms. The molecular weight excluding hydrogens is 438 g/mol. The number of nitrogens with one attached hydrogen (secondary N) is 1. The second-order valence-corrected chi connectivity index (χ2v) is 9.26. The van der Waals surface area contributed by atoms with Crippen molar-refractivity contribution in [2.24, 2.45) is 0 Å². The maximum atomic E-state index is 13.5. The summed E-state index contributed by atoms with van der Waals surface area (Å²) in [6.07, 6.45) is 7.00. The summed E-state index contributed by atoms with van der Waals surface area (Å²) >= 11 is 0. The number of unbranched alkanes of at least 4 members (excludes halogenated alkanes) is 5. The van der Waals surface area contributed by atoms with E-state index in [0.717, 1.165) is 24.8 Å². The molecule has 0 saturated carbocycles. The number of ketones is 1. The van der Waals surface area contributed by atoms with Gasteiger partial charge in [-0.2, -0.15) is 0 Å². The molecule has 1 amide bonds. The minimum Gasteiger partial charge on any atom is -0.333 e. The van der Waals surface area contributed by atoms with Crippen molar-refractivity contribution in [3.63, 3.8) is 0 Å². The lowest BCUT2D eigenvalue weighted by Gasteiger charge is -2.26. The van der Waals surface area contributed by atoms with Crippen molar-refractivity contribution in [1.82, 2.24) is 14.7 Å². The molecule has 0 aliphatic carbocycles. The molecule has 186 valence electrons. The molecule has 1 heterocycles. The number of aromatic nitrogens is 2. The summed E-state index contributed by atoms with van der Waals surface area (Å²) in [4.78, 5) is 41.6. The standard InChI is InChI=1S/C29H37N3O3/c1-4-5-6-7-8-15-20-26(34)31(22(2)3)21-25(33)27-28(23-16-11-9-12-17-23)30-32(29(27)35)24-18-13-10-14-19-24/h9-14,16-19,22,30H,4-8,15,20-21H2,1-3H3. The molecule has 0 saturated heterocycles. The number of benzene rings is 2. The highest BCUT2D eigenvalue weighted by molar-refractivity contribution is 6.03. The zero-order chi connectivity index (χ0) is 25.2. The van der Waals surface area contributed by atoms with Crippen molar-refractivity contribution in [2.45, 2.75) is 71.8 Å². The Bertz CT molecular complexity index is 1150. The molecule has 0 bridgehead atoms. The Labute approximate surface area is 208 Å². The Kier molecular flexibility index (Phi) is 9.65. The van der Waals surface area contributed by atoms with Crippen LogP contribution in [0.1, 0.15) is 76.1 Å². The van der Waals surface area contributed by atoms with Crippen molar-refractivity contribution in [2.75, 3.05) is 6.54 Å². The molecule has 3 aromatic rings. The van der Waals surface area contributed by atoms with Crippen molar-refractivity contribution < 1.29 is 9.59 Å². The third-order valence-electron chi connectivity index (χ3n) is 6.25. The second kappa shape index (κ2) is 12.9. The second-order valence-electron chi connectivity index (χ2n) is 9.26. The smallest absolute Gasteiger partial charge is 0.282 e. The SMILES string of the molecule is CCCCCCCCC(=O)N(CC(=O)c1c(-c2ccccc2)[nH]n(-c2ccccc2)c1=O)C(C)C.